The Labute approximate surface area is 119 Å². The fourth-order valence-electron chi connectivity index (χ4n) is 1.66. The van der Waals surface area contributed by atoms with Crippen molar-refractivity contribution in [2.24, 2.45) is 0 Å². The van der Waals surface area contributed by atoms with E-state index < -0.39 is 0 Å². The molecule has 0 saturated carbocycles. The van der Waals surface area contributed by atoms with Crippen LogP contribution in [0, 0.1) is 0 Å². The SMILES string of the molecule is CN(C(=O)c1ccc(Br)c(N)c1)c1ccc(O)cc1. The Morgan fingerprint density at radius 3 is 2.42 bits per heavy atom. The van der Waals surface area contributed by atoms with E-state index in [4.69, 9.17) is 5.73 Å². The molecule has 0 atom stereocenters. The lowest BCUT2D eigenvalue weighted by molar-refractivity contribution is 0.0993. The second-order valence-corrected chi connectivity index (χ2v) is 4.97. The molecule has 2 aromatic rings. The summed E-state index contributed by atoms with van der Waals surface area (Å²) in [5.74, 6) is 0.00220. The van der Waals surface area contributed by atoms with Crippen molar-refractivity contribution >= 4 is 33.2 Å². The molecule has 0 saturated heterocycles. The predicted molar refractivity (Wildman–Crippen MR) is 79.4 cm³/mol. The molecule has 4 nitrogen and oxygen atoms in total. The number of phenolic OH excluding ortho intramolecular Hbond substituents is 1. The summed E-state index contributed by atoms with van der Waals surface area (Å²) in [6.45, 7) is 0. The number of phenols is 1. The van der Waals surface area contributed by atoms with Crippen molar-refractivity contribution in [2.75, 3.05) is 17.7 Å². The molecule has 0 aromatic heterocycles. The zero-order valence-corrected chi connectivity index (χ0v) is 11.9. The number of amides is 1. The Kier molecular flexibility index (Phi) is 3.76. The van der Waals surface area contributed by atoms with Crippen LogP contribution >= 0.6 is 15.9 Å². The van der Waals surface area contributed by atoms with Crippen LogP contribution in [0.4, 0.5) is 11.4 Å². The molecule has 0 aliphatic carbocycles. The zero-order valence-electron chi connectivity index (χ0n) is 10.3. The van der Waals surface area contributed by atoms with E-state index >= 15 is 0 Å². The minimum atomic E-state index is -0.162. The van der Waals surface area contributed by atoms with Gasteiger partial charge >= 0.3 is 0 Å². The minimum absolute atomic E-state index is 0.162. The van der Waals surface area contributed by atoms with Crippen LogP contribution in [-0.2, 0) is 0 Å². The van der Waals surface area contributed by atoms with E-state index in [1.165, 1.54) is 17.0 Å². The summed E-state index contributed by atoms with van der Waals surface area (Å²) in [4.78, 5) is 13.8. The molecule has 0 spiro atoms. The lowest BCUT2D eigenvalue weighted by Crippen LogP contribution is -2.26. The van der Waals surface area contributed by atoms with Gasteiger partial charge in [-0.05, 0) is 58.4 Å². The van der Waals surface area contributed by atoms with Crippen LogP contribution in [0.5, 0.6) is 5.75 Å². The molecule has 0 aliphatic rings. The van der Waals surface area contributed by atoms with Gasteiger partial charge < -0.3 is 15.7 Å². The fraction of sp³-hybridized carbons (Fsp3) is 0.0714. The van der Waals surface area contributed by atoms with Crippen molar-refractivity contribution < 1.29 is 9.90 Å². The van der Waals surface area contributed by atoms with Crippen LogP contribution < -0.4 is 10.6 Å². The summed E-state index contributed by atoms with van der Waals surface area (Å²) in [7, 11) is 1.67. The van der Waals surface area contributed by atoms with Gasteiger partial charge in [0.2, 0.25) is 0 Å². The number of halogens is 1. The minimum Gasteiger partial charge on any atom is -0.508 e. The number of aromatic hydroxyl groups is 1. The van der Waals surface area contributed by atoms with Crippen molar-refractivity contribution in [3.8, 4) is 5.75 Å². The van der Waals surface area contributed by atoms with Crippen molar-refractivity contribution in [3.05, 3.63) is 52.5 Å². The Morgan fingerprint density at radius 1 is 1.21 bits per heavy atom. The van der Waals surface area contributed by atoms with Gasteiger partial charge in [-0.3, -0.25) is 4.79 Å². The molecule has 98 valence electrons. The molecule has 0 bridgehead atoms. The molecular weight excluding hydrogens is 308 g/mol. The highest BCUT2D eigenvalue weighted by Gasteiger charge is 2.14. The van der Waals surface area contributed by atoms with Crippen molar-refractivity contribution in [1.29, 1.82) is 0 Å². The zero-order chi connectivity index (χ0) is 14.0. The number of nitrogens with zero attached hydrogens (tertiary/aromatic N) is 1. The van der Waals surface area contributed by atoms with Crippen LogP contribution in [0.2, 0.25) is 0 Å². The van der Waals surface area contributed by atoms with Crippen LogP contribution in [-0.4, -0.2) is 18.1 Å². The van der Waals surface area contributed by atoms with Crippen LogP contribution in [0.3, 0.4) is 0 Å². The lowest BCUT2D eigenvalue weighted by Gasteiger charge is -2.17. The van der Waals surface area contributed by atoms with Gasteiger partial charge in [0.1, 0.15) is 5.75 Å². The van der Waals surface area contributed by atoms with Gasteiger partial charge in [0.05, 0.1) is 0 Å². The molecule has 0 unspecified atom stereocenters. The number of carbonyl (C=O) groups excluding carboxylic acids is 1. The molecule has 5 heteroatoms. The van der Waals surface area contributed by atoms with E-state index in [-0.39, 0.29) is 11.7 Å². The van der Waals surface area contributed by atoms with E-state index in [1.54, 1.807) is 37.4 Å². The number of anilines is 2. The van der Waals surface area contributed by atoms with Gasteiger partial charge in [-0.1, -0.05) is 0 Å². The number of benzene rings is 2. The van der Waals surface area contributed by atoms with E-state index in [1.807, 2.05) is 0 Å². The van der Waals surface area contributed by atoms with Crippen molar-refractivity contribution in [2.45, 2.75) is 0 Å². The highest BCUT2D eigenvalue weighted by molar-refractivity contribution is 9.10. The highest BCUT2D eigenvalue weighted by Crippen LogP contribution is 2.23. The standard InChI is InChI=1S/C14H13BrN2O2/c1-17(10-3-5-11(18)6-4-10)14(19)9-2-7-12(15)13(16)8-9/h2-8,18H,16H2,1H3. The second kappa shape index (κ2) is 5.32. The maximum absolute atomic E-state index is 12.3. The maximum atomic E-state index is 12.3. The number of hydrogen-bond acceptors (Lipinski definition) is 3. The summed E-state index contributed by atoms with van der Waals surface area (Å²) in [6, 6.07) is 11.5. The summed E-state index contributed by atoms with van der Waals surface area (Å²) in [6.07, 6.45) is 0. The third kappa shape index (κ3) is 2.88. The molecule has 0 radical (unpaired) electrons. The molecule has 1 amide bonds. The molecule has 0 fully saturated rings. The Balaban J connectivity index is 2.28. The Hall–Kier alpha value is -2.01. The number of hydrogen-bond donors (Lipinski definition) is 2. The molecule has 2 rings (SSSR count). The molecule has 0 heterocycles. The molecule has 3 N–H and O–H groups in total. The van der Waals surface area contributed by atoms with Crippen LogP contribution in [0.1, 0.15) is 10.4 Å². The van der Waals surface area contributed by atoms with Gasteiger partial charge in [-0.15, -0.1) is 0 Å². The smallest absolute Gasteiger partial charge is 0.258 e. The second-order valence-electron chi connectivity index (χ2n) is 4.12. The Morgan fingerprint density at radius 2 is 1.84 bits per heavy atom. The van der Waals surface area contributed by atoms with E-state index in [9.17, 15) is 9.90 Å². The summed E-state index contributed by atoms with van der Waals surface area (Å²) < 4.78 is 0.760. The van der Waals surface area contributed by atoms with Gasteiger partial charge in [0.15, 0.2) is 0 Å². The monoisotopic (exact) mass is 320 g/mol. The van der Waals surface area contributed by atoms with Crippen LogP contribution in [0.15, 0.2) is 46.9 Å². The summed E-state index contributed by atoms with van der Waals surface area (Å²) in [5.41, 5.74) is 7.49. The highest BCUT2D eigenvalue weighted by atomic mass is 79.9. The molecule has 19 heavy (non-hydrogen) atoms. The predicted octanol–water partition coefficient (Wildman–Crippen LogP) is 3.01. The quantitative estimate of drug-likeness (QED) is 0.836. The number of nitrogens with two attached hydrogens (primary N) is 1. The molecule has 2 aromatic carbocycles. The van der Waals surface area contributed by atoms with Gasteiger partial charge in [-0.2, -0.15) is 0 Å². The largest absolute Gasteiger partial charge is 0.508 e. The summed E-state index contributed by atoms with van der Waals surface area (Å²) in [5, 5.41) is 9.24. The lowest BCUT2D eigenvalue weighted by atomic mass is 10.1. The third-order valence-corrected chi connectivity index (χ3v) is 3.51. The number of carbonyl (C=O) groups is 1. The maximum Gasteiger partial charge on any atom is 0.258 e. The van der Waals surface area contributed by atoms with E-state index in [0.29, 0.717) is 16.9 Å². The van der Waals surface area contributed by atoms with Gasteiger partial charge in [0, 0.05) is 28.5 Å². The third-order valence-electron chi connectivity index (χ3n) is 2.78. The topological polar surface area (TPSA) is 66.6 Å². The van der Waals surface area contributed by atoms with Crippen LogP contribution in [0.25, 0.3) is 0 Å². The first-order valence-corrected chi connectivity index (χ1v) is 6.40. The first-order valence-electron chi connectivity index (χ1n) is 5.61. The van der Waals surface area contributed by atoms with E-state index in [0.717, 1.165) is 4.47 Å². The number of rotatable bonds is 2. The molecular formula is C14H13BrN2O2. The summed E-state index contributed by atoms with van der Waals surface area (Å²) >= 11 is 3.29. The first kappa shape index (κ1) is 13.4. The number of nitrogen functional groups attached to an aromatic ring is 1. The normalized spacial score (nSPS) is 10.2. The fourth-order valence-corrected chi connectivity index (χ4v) is 1.91. The van der Waals surface area contributed by atoms with Crippen molar-refractivity contribution in [3.63, 3.8) is 0 Å². The van der Waals surface area contributed by atoms with Gasteiger partial charge in [0.25, 0.3) is 5.91 Å². The van der Waals surface area contributed by atoms with E-state index in [2.05, 4.69) is 15.9 Å². The van der Waals surface area contributed by atoms with Crippen molar-refractivity contribution in [1.82, 2.24) is 0 Å². The average molecular weight is 321 g/mol. The molecule has 0 aliphatic heterocycles. The van der Waals surface area contributed by atoms with Gasteiger partial charge in [-0.25, -0.2) is 0 Å². The first-order chi connectivity index (χ1) is 8.99. The Bertz CT molecular complexity index is 611. The average Bonchev–Trinajstić information content (AvgIpc) is 2.41.